The molecule has 0 spiro atoms. The van der Waals surface area contributed by atoms with Gasteiger partial charge in [-0.1, -0.05) is 6.07 Å². The van der Waals surface area contributed by atoms with E-state index in [1.54, 1.807) is 24.0 Å². The number of nitro groups is 1. The van der Waals surface area contributed by atoms with Gasteiger partial charge in [-0.15, -0.1) is 0 Å². The van der Waals surface area contributed by atoms with Gasteiger partial charge in [-0.2, -0.15) is 0 Å². The van der Waals surface area contributed by atoms with E-state index in [9.17, 15) is 14.9 Å². The Balaban J connectivity index is 2.24. The van der Waals surface area contributed by atoms with Crippen molar-refractivity contribution in [3.8, 4) is 0 Å². The van der Waals surface area contributed by atoms with Gasteiger partial charge in [0.1, 0.15) is 0 Å². The topological polar surface area (TPSA) is 72.7 Å². The van der Waals surface area contributed by atoms with Gasteiger partial charge >= 0.3 is 0 Å². The number of morpholine rings is 1. The minimum Gasteiger partial charge on any atom is -0.375 e. The Labute approximate surface area is 111 Å². The summed E-state index contributed by atoms with van der Waals surface area (Å²) in [6.45, 7) is 5.09. The van der Waals surface area contributed by atoms with Crippen LogP contribution in [-0.4, -0.2) is 41.5 Å². The van der Waals surface area contributed by atoms with Crippen molar-refractivity contribution in [1.29, 1.82) is 0 Å². The Kier molecular flexibility index (Phi) is 3.80. The average Bonchev–Trinajstić information content (AvgIpc) is 2.38. The maximum atomic E-state index is 12.3. The van der Waals surface area contributed by atoms with E-state index < -0.39 is 4.92 Å². The molecule has 1 aromatic carbocycles. The number of hydrogen-bond donors (Lipinski definition) is 0. The smallest absolute Gasteiger partial charge is 0.273 e. The zero-order valence-electron chi connectivity index (χ0n) is 11.0. The van der Waals surface area contributed by atoms with Gasteiger partial charge in [0.05, 0.1) is 17.6 Å². The zero-order chi connectivity index (χ0) is 14.0. The Bertz CT molecular complexity index is 515. The summed E-state index contributed by atoms with van der Waals surface area (Å²) in [5.74, 6) is -0.182. The lowest BCUT2D eigenvalue weighted by atomic mass is 10.1. The monoisotopic (exact) mass is 264 g/mol. The lowest BCUT2D eigenvalue weighted by Crippen LogP contribution is -2.44. The second-order valence-corrected chi connectivity index (χ2v) is 4.69. The van der Waals surface area contributed by atoms with Crippen molar-refractivity contribution < 1.29 is 14.5 Å². The van der Waals surface area contributed by atoms with Gasteiger partial charge in [0.2, 0.25) is 0 Å². The highest BCUT2D eigenvalue weighted by Gasteiger charge is 2.24. The molecular weight excluding hydrogens is 248 g/mol. The molecule has 6 heteroatoms. The molecule has 6 nitrogen and oxygen atoms in total. The lowest BCUT2D eigenvalue weighted by Gasteiger charge is -2.31. The average molecular weight is 264 g/mol. The summed E-state index contributed by atoms with van der Waals surface area (Å²) >= 11 is 0. The minimum absolute atomic E-state index is 0.00173. The Morgan fingerprint density at radius 1 is 1.53 bits per heavy atom. The number of nitro benzene ring substituents is 1. The van der Waals surface area contributed by atoms with E-state index in [4.69, 9.17) is 4.74 Å². The first-order valence-corrected chi connectivity index (χ1v) is 6.15. The molecule has 0 aliphatic carbocycles. The highest BCUT2D eigenvalue weighted by atomic mass is 16.6. The van der Waals surface area contributed by atoms with E-state index in [0.29, 0.717) is 30.8 Å². The second kappa shape index (κ2) is 5.36. The molecule has 19 heavy (non-hydrogen) atoms. The highest BCUT2D eigenvalue weighted by Crippen LogP contribution is 2.21. The molecule has 1 fully saturated rings. The molecule has 1 aliphatic rings. The molecular formula is C13H16N2O4. The summed E-state index contributed by atoms with van der Waals surface area (Å²) in [6, 6.07) is 4.58. The number of carbonyl (C=O) groups excluding carboxylic acids is 1. The standard InChI is InChI=1S/C13H16N2O4/c1-9-3-4-11(7-12(9)15(17)18)13(16)14-5-6-19-10(2)8-14/h3-4,7,10H,5-6,8H2,1-2H3. The third kappa shape index (κ3) is 2.90. The van der Waals surface area contributed by atoms with Crippen LogP contribution in [0.1, 0.15) is 22.8 Å². The molecule has 1 aliphatic heterocycles. The fourth-order valence-corrected chi connectivity index (χ4v) is 2.12. The summed E-state index contributed by atoms with van der Waals surface area (Å²) in [7, 11) is 0. The summed E-state index contributed by atoms with van der Waals surface area (Å²) in [6.07, 6.45) is -0.00173. The van der Waals surface area contributed by atoms with Gasteiger partial charge in [0.15, 0.2) is 0 Å². The van der Waals surface area contributed by atoms with Gasteiger partial charge < -0.3 is 9.64 Å². The van der Waals surface area contributed by atoms with Gasteiger partial charge in [-0.25, -0.2) is 0 Å². The first-order valence-electron chi connectivity index (χ1n) is 6.15. The summed E-state index contributed by atoms with van der Waals surface area (Å²) in [5.41, 5.74) is 0.885. The van der Waals surface area contributed by atoms with Crippen molar-refractivity contribution in [3.05, 3.63) is 39.4 Å². The predicted octanol–water partition coefficient (Wildman–Crippen LogP) is 1.76. The van der Waals surface area contributed by atoms with Crippen LogP contribution in [0.2, 0.25) is 0 Å². The van der Waals surface area contributed by atoms with Crippen molar-refractivity contribution in [2.24, 2.45) is 0 Å². The zero-order valence-corrected chi connectivity index (χ0v) is 11.0. The van der Waals surface area contributed by atoms with Crippen molar-refractivity contribution >= 4 is 11.6 Å². The van der Waals surface area contributed by atoms with Crippen LogP contribution in [0.4, 0.5) is 5.69 Å². The number of amides is 1. The SMILES string of the molecule is Cc1ccc(C(=O)N2CCOC(C)C2)cc1[N+](=O)[O-]. The maximum absolute atomic E-state index is 12.3. The lowest BCUT2D eigenvalue weighted by molar-refractivity contribution is -0.385. The van der Waals surface area contributed by atoms with E-state index in [0.717, 1.165) is 0 Å². The Hall–Kier alpha value is -1.95. The van der Waals surface area contributed by atoms with Crippen LogP contribution in [0.3, 0.4) is 0 Å². The number of carbonyl (C=O) groups is 1. The van der Waals surface area contributed by atoms with Crippen LogP contribution in [0.15, 0.2) is 18.2 Å². The van der Waals surface area contributed by atoms with Crippen molar-refractivity contribution in [3.63, 3.8) is 0 Å². The third-order valence-electron chi connectivity index (χ3n) is 3.18. The fraction of sp³-hybridized carbons (Fsp3) is 0.462. The van der Waals surface area contributed by atoms with E-state index in [1.165, 1.54) is 6.07 Å². The predicted molar refractivity (Wildman–Crippen MR) is 69.2 cm³/mol. The van der Waals surface area contributed by atoms with Crippen LogP contribution < -0.4 is 0 Å². The van der Waals surface area contributed by atoms with Gasteiger partial charge in [0, 0.05) is 30.3 Å². The van der Waals surface area contributed by atoms with Crippen LogP contribution in [0, 0.1) is 17.0 Å². The maximum Gasteiger partial charge on any atom is 0.273 e. The van der Waals surface area contributed by atoms with Crippen LogP contribution in [0.5, 0.6) is 0 Å². The van der Waals surface area contributed by atoms with Crippen LogP contribution in [-0.2, 0) is 4.74 Å². The Morgan fingerprint density at radius 3 is 2.89 bits per heavy atom. The number of aryl methyl sites for hydroxylation is 1. The molecule has 102 valence electrons. The van der Waals surface area contributed by atoms with E-state index in [2.05, 4.69) is 0 Å². The van der Waals surface area contributed by atoms with E-state index in [1.807, 2.05) is 6.92 Å². The van der Waals surface area contributed by atoms with Gasteiger partial charge in [0.25, 0.3) is 11.6 Å². The molecule has 0 saturated carbocycles. The molecule has 1 unspecified atom stereocenters. The summed E-state index contributed by atoms with van der Waals surface area (Å²) in [5, 5.41) is 10.9. The number of hydrogen-bond acceptors (Lipinski definition) is 4. The van der Waals surface area contributed by atoms with Crippen molar-refractivity contribution in [2.45, 2.75) is 20.0 Å². The first-order chi connectivity index (χ1) is 8.99. The van der Waals surface area contributed by atoms with Crippen molar-refractivity contribution in [2.75, 3.05) is 19.7 Å². The van der Waals surface area contributed by atoms with Crippen molar-refractivity contribution in [1.82, 2.24) is 4.90 Å². The number of nitrogens with zero attached hydrogens (tertiary/aromatic N) is 2. The quantitative estimate of drug-likeness (QED) is 0.602. The second-order valence-electron chi connectivity index (χ2n) is 4.69. The van der Waals surface area contributed by atoms with Gasteiger partial charge in [-0.05, 0) is 19.9 Å². The molecule has 1 saturated heterocycles. The fourth-order valence-electron chi connectivity index (χ4n) is 2.12. The largest absolute Gasteiger partial charge is 0.375 e. The molecule has 0 N–H and O–H groups in total. The third-order valence-corrected chi connectivity index (χ3v) is 3.18. The number of benzene rings is 1. The number of ether oxygens (including phenoxy) is 1. The number of rotatable bonds is 2. The van der Waals surface area contributed by atoms with E-state index >= 15 is 0 Å². The summed E-state index contributed by atoms with van der Waals surface area (Å²) in [4.78, 5) is 24.4. The molecule has 1 atom stereocenters. The molecule has 1 amide bonds. The molecule has 0 bridgehead atoms. The van der Waals surface area contributed by atoms with Crippen LogP contribution in [0.25, 0.3) is 0 Å². The molecule has 2 rings (SSSR count). The first kappa shape index (κ1) is 13.5. The molecule has 1 aromatic rings. The van der Waals surface area contributed by atoms with Gasteiger partial charge in [-0.3, -0.25) is 14.9 Å². The normalized spacial score (nSPS) is 19.3. The molecule has 0 radical (unpaired) electrons. The summed E-state index contributed by atoms with van der Waals surface area (Å²) < 4.78 is 5.37. The molecule has 1 heterocycles. The highest BCUT2D eigenvalue weighted by molar-refractivity contribution is 5.95. The van der Waals surface area contributed by atoms with E-state index in [-0.39, 0.29) is 17.7 Å². The Morgan fingerprint density at radius 2 is 2.26 bits per heavy atom. The van der Waals surface area contributed by atoms with Crippen LogP contribution >= 0.6 is 0 Å². The minimum atomic E-state index is -0.464. The molecule has 0 aromatic heterocycles.